The van der Waals surface area contributed by atoms with Gasteiger partial charge in [0.15, 0.2) is 5.96 Å². The van der Waals surface area contributed by atoms with Gasteiger partial charge in [-0.3, -0.25) is 9.67 Å². The van der Waals surface area contributed by atoms with Gasteiger partial charge in [-0.2, -0.15) is 13.9 Å². The molecule has 0 fully saturated rings. The summed E-state index contributed by atoms with van der Waals surface area (Å²) < 4.78 is 31.8. The Hall–Kier alpha value is -3.42. The first-order valence-electron chi connectivity index (χ1n) is 9.57. The topological polar surface area (TPSA) is 63.5 Å². The first kappa shape index (κ1) is 21.3. The molecule has 1 aromatic heterocycles. The minimum Gasteiger partial charge on any atom is -0.434 e. The van der Waals surface area contributed by atoms with Crippen LogP contribution in [-0.2, 0) is 19.6 Å². The van der Waals surface area contributed by atoms with Gasteiger partial charge in [0, 0.05) is 38.1 Å². The molecule has 0 aliphatic heterocycles. The smallest absolute Gasteiger partial charge is 0.387 e. The monoisotopic (exact) mass is 413 g/mol. The van der Waals surface area contributed by atoms with E-state index in [9.17, 15) is 8.78 Å². The Kier molecular flexibility index (Phi) is 7.37. The predicted octanol–water partition coefficient (Wildman–Crippen LogP) is 3.71. The zero-order chi connectivity index (χ0) is 21.3. The van der Waals surface area contributed by atoms with E-state index in [2.05, 4.69) is 37.6 Å². The van der Waals surface area contributed by atoms with Crippen LogP contribution >= 0.6 is 0 Å². The SMILES string of the molecule is CN=C(NCc1cccc(Cn2cccn2)c1)NCc1cc(C)ccc1OC(F)F. The number of hydrogen-bond donors (Lipinski definition) is 2. The predicted molar refractivity (Wildman–Crippen MR) is 113 cm³/mol. The highest BCUT2D eigenvalue weighted by molar-refractivity contribution is 5.79. The Morgan fingerprint density at radius 3 is 2.63 bits per heavy atom. The van der Waals surface area contributed by atoms with E-state index >= 15 is 0 Å². The number of aromatic nitrogens is 2. The molecule has 3 rings (SSSR count). The second kappa shape index (κ2) is 10.4. The number of rotatable bonds is 8. The average molecular weight is 413 g/mol. The maximum Gasteiger partial charge on any atom is 0.387 e. The van der Waals surface area contributed by atoms with Gasteiger partial charge in [-0.1, -0.05) is 42.0 Å². The van der Waals surface area contributed by atoms with Crippen LogP contribution in [0.2, 0.25) is 0 Å². The number of hydrogen-bond acceptors (Lipinski definition) is 3. The lowest BCUT2D eigenvalue weighted by Crippen LogP contribution is -2.36. The van der Waals surface area contributed by atoms with E-state index in [0.717, 1.165) is 16.7 Å². The van der Waals surface area contributed by atoms with Crippen LogP contribution in [0, 0.1) is 6.92 Å². The van der Waals surface area contributed by atoms with Gasteiger partial charge in [-0.15, -0.1) is 0 Å². The van der Waals surface area contributed by atoms with Crippen LogP contribution in [0.1, 0.15) is 22.3 Å². The molecular weight excluding hydrogens is 388 g/mol. The molecule has 8 heteroatoms. The Labute approximate surface area is 174 Å². The van der Waals surface area contributed by atoms with E-state index in [1.54, 1.807) is 25.4 Å². The van der Waals surface area contributed by atoms with Crippen LogP contribution in [-0.4, -0.2) is 29.4 Å². The molecule has 0 unspecified atom stereocenters. The van der Waals surface area contributed by atoms with Crippen molar-refractivity contribution in [1.82, 2.24) is 20.4 Å². The number of halogens is 2. The van der Waals surface area contributed by atoms with Crippen molar-refractivity contribution in [1.29, 1.82) is 0 Å². The molecule has 0 aliphatic rings. The number of ether oxygens (including phenoxy) is 1. The summed E-state index contributed by atoms with van der Waals surface area (Å²) in [6, 6.07) is 15.2. The second-order valence-corrected chi connectivity index (χ2v) is 6.79. The minimum atomic E-state index is -2.86. The molecule has 1 heterocycles. The summed E-state index contributed by atoms with van der Waals surface area (Å²) in [6.07, 6.45) is 3.68. The maximum absolute atomic E-state index is 12.6. The van der Waals surface area contributed by atoms with Gasteiger partial charge >= 0.3 is 6.61 Å². The summed E-state index contributed by atoms with van der Waals surface area (Å²) in [5.41, 5.74) is 3.85. The van der Waals surface area contributed by atoms with Crippen molar-refractivity contribution in [3.63, 3.8) is 0 Å². The molecule has 0 radical (unpaired) electrons. The van der Waals surface area contributed by atoms with Crippen LogP contribution < -0.4 is 15.4 Å². The fraction of sp³-hybridized carbons (Fsp3) is 0.273. The molecule has 2 N–H and O–H groups in total. The van der Waals surface area contributed by atoms with E-state index in [1.165, 1.54) is 0 Å². The largest absolute Gasteiger partial charge is 0.434 e. The highest BCUT2D eigenvalue weighted by atomic mass is 19.3. The van der Waals surface area contributed by atoms with Crippen LogP contribution in [0.5, 0.6) is 5.75 Å². The van der Waals surface area contributed by atoms with Gasteiger partial charge in [0.25, 0.3) is 0 Å². The second-order valence-electron chi connectivity index (χ2n) is 6.79. The highest BCUT2D eigenvalue weighted by Crippen LogP contribution is 2.22. The molecule has 2 aromatic carbocycles. The number of nitrogens with one attached hydrogen (secondary N) is 2. The van der Waals surface area contributed by atoms with E-state index in [0.29, 0.717) is 31.2 Å². The molecule has 0 aliphatic carbocycles. The average Bonchev–Trinajstić information content (AvgIpc) is 3.23. The maximum atomic E-state index is 12.6. The Bertz CT molecular complexity index is 973. The summed E-state index contributed by atoms with van der Waals surface area (Å²) in [5.74, 6) is 0.724. The van der Waals surface area contributed by atoms with Gasteiger partial charge in [0.05, 0.1) is 6.54 Å². The van der Waals surface area contributed by atoms with Crippen molar-refractivity contribution in [2.45, 2.75) is 33.2 Å². The molecule has 0 amide bonds. The first-order valence-corrected chi connectivity index (χ1v) is 9.57. The molecule has 0 saturated carbocycles. The van der Waals surface area contributed by atoms with Gasteiger partial charge in [-0.25, -0.2) is 0 Å². The Balaban J connectivity index is 1.57. The summed E-state index contributed by atoms with van der Waals surface area (Å²) in [7, 11) is 1.66. The number of guanidine groups is 1. The summed E-state index contributed by atoms with van der Waals surface area (Å²) >= 11 is 0. The summed E-state index contributed by atoms with van der Waals surface area (Å²) in [5, 5.41) is 10.6. The van der Waals surface area contributed by atoms with Crippen molar-refractivity contribution >= 4 is 5.96 Å². The zero-order valence-electron chi connectivity index (χ0n) is 17.0. The van der Waals surface area contributed by atoms with E-state index in [-0.39, 0.29) is 5.75 Å². The van der Waals surface area contributed by atoms with E-state index in [4.69, 9.17) is 0 Å². The molecule has 3 aromatic rings. The van der Waals surface area contributed by atoms with Gasteiger partial charge in [-0.05, 0) is 30.2 Å². The zero-order valence-corrected chi connectivity index (χ0v) is 17.0. The molecule has 0 bridgehead atoms. The standard InChI is InChI=1S/C22H25F2N5O/c1-16-7-8-20(30-21(23)24)19(11-16)14-27-22(25-2)26-13-17-5-3-6-18(12-17)15-29-10-4-9-28-29/h3-12,21H,13-15H2,1-2H3,(H2,25,26,27). The number of nitrogens with zero attached hydrogens (tertiary/aromatic N) is 3. The van der Waals surface area contributed by atoms with Crippen LogP contribution in [0.25, 0.3) is 0 Å². The van der Waals surface area contributed by atoms with Crippen molar-refractivity contribution in [3.05, 3.63) is 83.2 Å². The van der Waals surface area contributed by atoms with Crippen molar-refractivity contribution in [2.75, 3.05) is 7.05 Å². The number of aliphatic imine (C=N–C) groups is 1. The molecule has 0 atom stereocenters. The Morgan fingerprint density at radius 1 is 1.10 bits per heavy atom. The quantitative estimate of drug-likeness (QED) is 0.437. The van der Waals surface area contributed by atoms with E-state index < -0.39 is 6.61 Å². The molecule has 6 nitrogen and oxygen atoms in total. The minimum absolute atomic E-state index is 0.157. The van der Waals surface area contributed by atoms with Crippen LogP contribution in [0.3, 0.4) is 0 Å². The van der Waals surface area contributed by atoms with Gasteiger partial charge < -0.3 is 15.4 Å². The lowest BCUT2D eigenvalue weighted by molar-refractivity contribution is -0.0504. The fourth-order valence-electron chi connectivity index (χ4n) is 3.06. The molecule has 158 valence electrons. The highest BCUT2D eigenvalue weighted by Gasteiger charge is 2.10. The number of benzene rings is 2. The molecular formula is C22H25F2N5O. The Morgan fingerprint density at radius 2 is 1.90 bits per heavy atom. The van der Waals surface area contributed by atoms with Gasteiger partial charge in [0.2, 0.25) is 0 Å². The molecule has 0 saturated heterocycles. The normalized spacial score (nSPS) is 11.6. The van der Waals surface area contributed by atoms with Crippen molar-refractivity contribution in [2.24, 2.45) is 4.99 Å². The van der Waals surface area contributed by atoms with Crippen molar-refractivity contribution in [3.8, 4) is 5.75 Å². The lowest BCUT2D eigenvalue weighted by Gasteiger charge is -2.15. The summed E-state index contributed by atoms with van der Waals surface area (Å²) in [4.78, 5) is 4.21. The third-order valence-electron chi connectivity index (χ3n) is 4.46. The third-order valence-corrected chi connectivity index (χ3v) is 4.46. The fourth-order valence-corrected chi connectivity index (χ4v) is 3.06. The molecule has 0 spiro atoms. The first-order chi connectivity index (χ1) is 14.5. The molecule has 30 heavy (non-hydrogen) atoms. The van der Waals surface area contributed by atoms with Crippen LogP contribution in [0.4, 0.5) is 8.78 Å². The number of aryl methyl sites for hydroxylation is 1. The van der Waals surface area contributed by atoms with Crippen LogP contribution in [0.15, 0.2) is 65.9 Å². The lowest BCUT2D eigenvalue weighted by atomic mass is 10.1. The third kappa shape index (κ3) is 6.30. The summed E-state index contributed by atoms with van der Waals surface area (Å²) in [6.45, 7) is 0.620. The van der Waals surface area contributed by atoms with Crippen molar-refractivity contribution < 1.29 is 13.5 Å². The van der Waals surface area contributed by atoms with Gasteiger partial charge in [0.1, 0.15) is 5.75 Å². The van der Waals surface area contributed by atoms with E-state index in [1.807, 2.05) is 42.1 Å². The number of alkyl halides is 2.